The Morgan fingerprint density at radius 3 is 2.91 bits per heavy atom. The molecule has 2 aromatic rings. The zero-order valence-electron chi connectivity index (χ0n) is 12.4. The molecule has 0 radical (unpaired) electrons. The first-order valence-corrected chi connectivity index (χ1v) is 8.04. The number of halogens is 1. The third kappa shape index (κ3) is 3.70. The number of benzene rings is 1. The van der Waals surface area contributed by atoms with Gasteiger partial charge in [-0.2, -0.15) is 10.4 Å². The Bertz CT molecular complexity index is 824. The van der Waals surface area contributed by atoms with Crippen LogP contribution >= 0.6 is 27.3 Å². The van der Waals surface area contributed by atoms with E-state index in [1.54, 1.807) is 20.1 Å². The number of carbonyl (C=O) groups excluding carboxylic acids is 1. The summed E-state index contributed by atoms with van der Waals surface area (Å²) in [5.41, 5.74) is 9.75. The van der Waals surface area contributed by atoms with Crippen molar-refractivity contribution in [3.8, 4) is 11.8 Å². The van der Waals surface area contributed by atoms with Crippen LogP contribution in [0.2, 0.25) is 0 Å². The highest BCUT2D eigenvalue weighted by Gasteiger charge is 2.18. The van der Waals surface area contributed by atoms with Gasteiger partial charge in [0.1, 0.15) is 21.7 Å². The quantitative estimate of drug-likeness (QED) is 0.616. The molecule has 1 amide bonds. The second kappa shape index (κ2) is 7.26. The van der Waals surface area contributed by atoms with Crippen molar-refractivity contribution in [1.29, 1.82) is 5.26 Å². The molecule has 1 aromatic carbocycles. The fourth-order valence-electron chi connectivity index (χ4n) is 1.91. The molecule has 3 N–H and O–H groups in total. The Balaban J connectivity index is 2.17. The van der Waals surface area contributed by atoms with E-state index in [4.69, 9.17) is 15.7 Å². The van der Waals surface area contributed by atoms with Crippen LogP contribution in [0.5, 0.6) is 5.75 Å². The van der Waals surface area contributed by atoms with Gasteiger partial charge in [0.05, 0.1) is 18.9 Å². The summed E-state index contributed by atoms with van der Waals surface area (Å²) >= 11 is 4.43. The number of nitrogens with two attached hydrogens (primary N) is 1. The van der Waals surface area contributed by atoms with Gasteiger partial charge >= 0.3 is 0 Å². The van der Waals surface area contributed by atoms with Crippen LogP contribution in [0.15, 0.2) is 27.8 Å². The molecule has 0 aliphatic heterocycles. The highest BCUT2D eigenvalue weighted by Crippen LogP contribution is 2.29. The van der Waals surface area contributed by atoms with E-state index in [9.17, 15) is 4.79 Å². The summed E-state index contributed by atoms with van der Waals surface area (Å²) in [5, 5.41) is 13.3. The summed E-state index contributed by atoms with van der Waals surface area (Å²) in [6.07, 6.45) is 1.49. The molecule has 0 bridgehead atoms. The number of anilines is 1. The molecule has 0 fully saturated rings. The van der Waals surface area contributed by atoms with Gasteiger partial charge in [0.25, 0.3) is 5.91 Å². The van der Waals surface area contributed by atoms with E-state index >= 15 is 0 Å². The molecular formula is C15H13BrN4O2S. The number of hydrogen-bond acceptors (Lipinski definition) is 6. The number of rotatable bonds is 4. The number of carbonyl (C=O) groups is 1. The molecule has 1 aromatic heterocycles. The highest BCUT2D eigenvalue weighted by atomic mass is 79.9. The van der Waals surface area contributed by atoms with Gasteiger partial charge in [-0.1, -0.05) is 15.9 Å². The smallest absolute Gasteiger partial charge is 0.281 e. The van der Waals surface area contributed by atoms with Crippen LogP contribution in [0.3, 0.4) is 0 Å². The second-order valence-electron chi connectivity index (χ2n) is 4.49. The summed E-state index contributed by atoms with van der Waals surface area (Å²) in [6, 6.07) is 7.43. The Labute approximate surface area is 145 Å². The van der Waals surface area contributed by atoms with Gasteiger partial charge in [0, 0.05) is 10.0 Å². The summed E-state index contributed by atoms with van der Waals surface area (Å²) in [7, 11) is 1.56. The van der Waals surface area contributed by atoms with Gasteiger partial charge in [0.2, 0.25) is 0 Å². The fourth-order valence-corrected chi connectivity index (χ4v) is 3.20. The van der Waals surface area contributed by atoms with Crippen molar-refractivity contribution in [2.75, 3.05) is 12.8 Å². The highest BCUT2D eigenvalue weighted by molar-refractivity contribution is 9.10. The minimum absolute atomic E-state index is 0.327. The molecule has 0 unspecified atom stereocenters. The molecule has 2 rings (SSSR count). The second-order valence-corrected chi connectivity index (χ2v) is 6.46. The van der Waals surface area contributed by atoms with Crippen molar-refractivity contribution in [1.82, 2.24) is 5.43 Å². The number of nitrogen functional groups attached to an aromatic ring is 1. The largest absolute Gasteiger partial charge is 0.496 e. The monoisotopic (exact) mass is 392 g/mol. The van der Waals surface area contributed by atoms with Crippen LogP contribution in [0.1, 0.15) is 26.4 Å². The molecule has 0 saturated carbocycles. The number of methoxy groups -OCH3 is 1. The lowest BCUT2D eigenvalue weighted by Gasteiger charge is -2.04. The van der Waals surface area contributed by atoms with Gasteiger partial charge in [-0.15, -0.1) is 11.3 Å². The average Bonchev–Trinajstić information content (AvgIpc) is 2.81. The standard InChI is InChI=1S/C15H13BrN4O2S/c1-8-11(6-17)14(18)23-13(8)15(21)20-19-7-9-5-10(16)3-4-12(9)22-2/h3-5,7H,18H2,1-2H3,(H,20,21)/b19-7-. The maximum atomic E-state index is 12.1. The van der Waals surface area contributed by atoms with Crippen molar-refractivity contribution in [3.05, 3.63) is 44.2 Å². The summed E-state index contributed by atoms with van der Waals surface area (Å²) in [5.74, 6) is 0.223. The maximum Gasteiger partial charge on any atom is 0.281 e. The van der Waals surface area contributed by atoms with Crippen molar-refractivity contribution in [3.63, 3.8) is 0 Å². The molecule has 0 spiro atoms. The predicted octanol–water partition coefficient (Wildman–Crippen LogP) is 3.05. The van der Waals surface area contributed by atoms with Gasteiger partial charge in [0.15, 0.2) is 0 Å². The number of hydrazone groups is 1. The number of thiophene rings is 1. The van der Waals surface area contributed by atoms with E-state index in [2.05, 4.69) is 26.5 Å². The predicted molar refractivity (Wildman–Crippen MR) is 93.9 cm³/mol. The lowest BCUT2D eigenvalue weighted by molar-refractivity contribution is 0.0958. The van der Waals surface area contributed by atoms with Crippen molar-refractivity contribution < 1.29 is 9.53 Å². The van der Waals surface area contributed by atoms with Crippen LogP contribution in [-0.2, 0) is 0 Å². The Kier molecular flexibility index (Phi) is 5.36. The SMILES string of the molecule is COc1ccc(Br)cc1/C=N\NC(=O)c1sc(N)c(C#N)c1C. The van der Waals surface area contributed by atoms with E-state index in [0.29, 0.717) is 32.3 Å². The molecule has 8 heteroatoms. The first kappa shape index (κ1) is 17.0. The number of nitrogens with zero attached hydrogens (tertiary/aromatic N) is 2. The average molecular weight is 393 g/mol. The number of ether oxygens (including phenoxy) is 1. The zero-order chi connectivity index (χ0) is 17.0. The van der Waals surface area contributed by atoms with Crippen molar-refractivity contribution >= 4 is 44.4 Å². The summed E-state index contributed by atoms with van der Waals surface area (Å²) in [6.45, 7) is 1.68. The van der Waals surface area contributed by atoms with Crippen LogP contribution < -0.4 is 15.9 Å². The van der Waals surface area contributed by atoms with Gasteiger partial charge in [-0.25, -0.2) is 5.43 Å². The topological polar surface area (TPSA) is 100 Å². The molecule has 0 aliphatic carbocycles. The Morgan fingerprint density at radius 1 is 1.57 bits per heavy atom. The molecular weight excluding hydrogens is 380 g/mol. The molecule has 23 heavy (non-hydrogen) atoms. The van der Waals surface area contributed by atoms with E-state index in [1.807, 2.05) is 18.2 Å². The fraction of sp³-hybridized carbons (Fsp3) is 0.133. The molecule has 0 atom stereocenters. The van der Waals surface area contributed by atoms with E-state index < -0.39 is 5.91 Å². The van der Waals surface area contributed by atoms with Gasteiger partial charge in [-0.05, 0) is 30.7 Å². The van der Waals surface area contributed by atoms with E-state index in [1.165, 1.54) is 6.21 Å². The minimum atomic E-state index is -0.411. The Morgan fingerprint density at radius 2 is 2.30 bits per heavy atom. The zero-order valence-corrected chi connectivity index (χ0v) is 14.8. The summed E-state index contributed by atoms with van der Waals surface area (Å²) in [4.78, 5) is 12.5. The lowest BCUT2D eigenvalue weighted by Crippen LogP contribution is -2.17. The minimum Gasteiger partial charge on any atom is -0.496 e. The van der Waals surface area contributed by atoms with Crippen molar-refractivity contribution in [2.45, 2.75) is 6.92 Å². The number of hydrogen-bond donors (Lipinski definition) is 2. The first-order valence-electron chi connectivity index (χ1n) is 6.43. The Hall–Kier alpha value is -2.37. The van der Waals surface area contributed by atoms with E-state index in [0.717, 1.165) is 15.8 Å². The molecule has 0 aliphatic rings. The maximum absolute atomic E-state index is 12.1. The van der Waals surface area contributed by atoms with Gasteiger partial charge in [-0.3, -0.25) is 4.79 Å². The van der Waals surface area contributed by atoms with Crippen LogP contribution in [-0.4, -0.2) is 19.2 Å². The first-order chi connectivity index (χ1) is 11.0. The van der Waals surface area contributed by atoms with E-state index in [-0.39, 0.29) is 0 Å². The number of nitrogens with one attached hydrogen (secondary N) is 1. The summed E-state index contributed by atoms with van der Waals surface area (Å²) < 4.78 is 6.09. The number of amides is 1. The van der Waals surface area contributed by atoms with Crippen molar-refractivity contribution in [2.24, 2.45) is 5.10 Å². The lowest BCUT2D eigenvalue weighted by atomic mass is 10.2. The molecule has 6 nitrogen and oxygen atoms in total. The normalized spacial score (nSPS) is 10.5. The third-order valence-corrected chi connectivity index (χ3v) is 4.67. The molecule has 1 heterocycles. The third-order valence-electron chi connectivity index (χ3n) is 3.05. The van der Waals surface area contributed by atoms with Gasteiger partial charge < -0.3 is 10.5 Å². The number of nitriles is 1. The molecule has 0 saturated heterocycles. The van der Waals surface area contributed by atoms with Crippen LogP contribution in [0.25, 0.3) is 0 Å². The van der Waals surface area contributed by atoms with Crippen LogP contribution in [0, 0.1) is 18.3 Å². The molecule has 118 valence electrons. The van der Waals surface area contributed by atoms with Crippen LogP contribution in [0.4, 0.5) is 5.00 Å².